The standard InChI is InChI=1S/C31H62.6CH4O/c1-2-4-6-8-10-12-14-16-18-20-22-24-26-28-30-31-29-27-25-23-21-19-17-15-13-11-9-7-5-3-1;6*1-2/h1-31H2;6*2H,1H3. The van der Waals surface area contributed by atoms with E-state index < -0.39 is 0 Å². The maximum absolute atomic E-state index is 7.00. The maximum atomic E-state index is 7.00. The van der Waals surface area contributed by atoms with Crippen molar-refractivity contribution in [3.8, 4) is 0 Å². The van der Waals surface area contributed by atoms with Crippen LogP contribution in [0.3, 0.4) is 0 Å². The summed E-state index contributed by atoms with van der Waals surface area (Å²) in [5.74, 6) is 0. The first-order chi connectivity index (χ1) is 21.5. The van der Waals surface area contributed by atoms with Gasteiger partial charge in [-0.2, -0.15) is 0 Å². The molecule has 0 radical (unpaired) electrons. The van der Waals surface area contributed by atoms with E-state index in [0.717, 1.165) is 42.7 Å². The monoisotopic (exact) mass is 627 g/mol. The van der Waals surface area contributed by atoms with E-state index in [1.54, 1.807) is 0 Å². The second-order valence-corrected chi connectivity index (χ2v) is 11.0. The maximum Gasteiger partial charge on any atom is 0.0319 e. The first-order valence-electron chi connectivity index (χ1n) is 18.2. The van der Waals surface area contributed by atoms with Gasteiger partial charge in [-0.25, -0.2) is 0 Å². The molecular formula is C37H86O6. The van der Waals surface area contributed by atoms with Crippen LogP contribution in [0.4, 0.5) is 0 Å². The van der Waals surface area contributed by atoms with Crippen LogP contribution in [0.2, 0.25) is 0 Å². The quantitative estimate of drug-likeness (QED) is 0.159. The molecule has 43 heavy (non-hydrogen) atoms. The molecule has 0 bridgehead atoms. The SMILES string of the molecule is C1CCCCCCCCCCCCCCCCCCCCCCCCCCCCCC1.CO.CO.CO.CO.CO.CO. The molecule has 0 heterocycles. The lowest BCUT2D eigenvalue weighted by Gasteiger charge is -2.04. The summed E-state index contributed by atoms with van der Waals surface area (Å²) in [6.45, 7) is 0. The number of hydrogen-bond acceptors (Lipinski definition) is 6. The van der Waals surface area contributed by atoms with Crippen molar-refractivity contribution < 1.29 is 30.6 Å². The Hall–Kier alpha value is -0.240. The van der Waals surface area contributed by atoms with Crippen LogP contribution in [-0.2, 0) is 0 Å². The van der Waals surface area contributed by atoms with Gasteiger partial charge in [-0.05, 0) is 0 Å². The minimum absolute atomic E-state index is 1.00. The Morgan fingerprint density at radius 3 is 0.163 bits per heavy atom. The minimum Gasteiger partial charge on any atom is -0.400 e. The van der Waals surface area contributed by atoms with Crippen molar-refractivity contribution in [1.29, 1.82) is 0 Å². The van der Waals surface area contributed by atoms with E-state index in [9.17, 15) is 0 Å². The molecule has 0 aromatic rings. The molecule has 0 atom stereocenters. The minimum atomic E-state index is 1.00. The van der Waals surface area contributed by atoms with Gasteiger partial charge in [0.25, 0.3) is 0 Å². The Labute approximate surface area is 272 Å². The van der Waals surface area contributed by atoms with Crippen LogP contribution in [-0.4, -0.2) is 73.3 Å². The highest BCUT2D eigenvalue weighted by Gasteiger charge is 1.98. The van der Waals surface area contributed by atoms with Crippen molar-refractivity contribution in [2.24, 2.45) is 0 Å². The molecule has 1 fully saturated rings. The lowest BCUT2D eigenvalue weighted by molar-refractivity contribution is 0.399. The molecular weight excluding hydrogens is 540 g/mol. The van der Waals surface area contributed by atoms with Gasteiger partial charge in [-0.15, -0.1) is 0 Å². The van der Waals surface area contributed by atoms with Crippen molar-refractivity contribution >= 4 is 0 Å². The Morgan fingerprint density at radius 1 is 0.116 bits per heavy atom. The molecule has 0 aliphatic heterocycles. The topological polar surface area (TPSA) is 121 Å². The van der Waals surface area contributed by atoms with E-state index in [2.05, 4.69) is 0 Å². The predicted molar refractivity (Wildman–Crippen MR) is 192 cm³/mol. The Bertz CT molecular complexity index is 179. The zero-order chi connectivity index (χ0) is 33.9. The molecule has 6 N–H and O–H groups in total. The van der Waals surface area contributed by atoms with Gasteiger partial charge >= 0.3 is 0 Å². The summed E-state index contributed by atoms with van der Waals surface area (Å²) in [7, 11) is 6.00. The molecule has 0 unspecified atom stereocenters. The summed E-state index contributed by atoms with van der Waals surface area (Å²) >= 11 is 0. The van der Waals surface area contributed by atoms with Crippen LogP contribution >= 0.6 is 0 Å². The number of rotatable bonds is 0. The van der Waals surface area contributed by atoms with Crippen LogP contribution in [0.1, 0.15) is 199 Å². The van der Waals surface area contributed by atoms with Crippen LogP contribution in [0.5, 0.6) is 0 Å². The fraction of sp³-hybridized carbons (Fsp3) is 1.00. The van der Waals surface area contributed by atoms with Gasteiger partial charge in [-0.3, -0.25) is 0 Å². The fourth-order valence-corrected chi connectivity index (χ4v) is 5.48. The summed E-state index contributed by atoms with van der Waals surface area (Å²) in [5.41, 5.74) is 0. The van der Waals surface area contributed by atoms with Crippen molar-refractivity contribution in [3.63, 3.8) is 0 Å². The van der Waals surface area contributed by atoms with E-state index in [0.29, 0.717) is 0 Å². The Kier molecular flexibility index (Phi) is 94.1. The van der Waals surface area contributed by atoms with E-state index >= 15 is 0 Å². The fourth-order valence-electron chi connectivity index (χ4n) is 5.48. The zero-order valence-electron chi connectivity index (χ0n) is 30.6. The van der Waals surface area contributed by atoms with Gasteiger partial charge in [0, 0.05) is 42.7 Å². The second kappa shape index (κ2) is 73.3. The van der Waals surface area contributed by atoms with Crippen molar-refractivity contribution in [3.05, 3.63) is 0 Å². The average Bonchev–Trinajstić information content (AvgIpc) is 3.09. The smallest absolute Gasteiger partial charge is 0.0319 e. The normalized spacial score (nSPS) is 18.1. The summed E-state index contributed by atoms with van der Waals surface area (Å²) in [6, 6.07) is 0. The van der Waals surface area contributed by atoms with Gasteiger partial charge in [0.05, 0.1) is 0 Å². The first kappa shape index (κ1) is 55.2. The van der Waals surface area contributed by atoms with E-state index in [-0.39, 0.29) is 0 Å². The summed E-state index contributed by atoms with van der Waals surface area (Å²) in [4.78, 5) is 0. The van der Waals surface area contributed by atoms with Gasteiger partial charge < -0.3 is 30.6 Å². The zero-order valence-corrected chi connectivity index (χ0v) is 30.6. The summed E-state index contributed by atoms with van der Waals surface area (Å²) < 4.78 is 0. The van der Waals surface area contributed by atoms with Crippen molar-refractivity contribution in [1.82, 2.24) is 0 Å². The third kappa shape index (κ3) is 69.8. The third-order valence-electron chi connectivity index (χ3n) is 7.75. The van der Waals surface area contributed by atoms with Gasteiger partial charge in [-0.1, -0.05) is 199 Å². The van der Waals surface area contributed by atoms with Crippen LogP contribution < -0.4 is 0 Å². The molecule has 6 heteroatoms. The molecule has 1 rings (SSSR count). The molecule has 0 spiro atoms. The molecule has 0 aromatic heterocycles. The van der Waals surface area contributed by atoms with Gasteiger partial charge in [0.1, 0.15) is 0 Å². The van der Waals surface area contributed by atoms with Crippen molar-refractivity contribution in [2.45, 2.75) is 199 Å². The molecule has 0 saturated heterocycles. The number of aliphatic hydroxyl groups excluding tert-OH is 6. The molecule has 6 nitrogen and oxygen atoms in total. The molecule has 0 aromatic carbocycles. The van der Waals surface area contributed by atoms with Crippen LogP contribution in [0.15, 0.2) is 0 Å². The van der Waals surface area contributed by atoms with E-state index in [1.165, 1.54) is 199 Å². The highest BCUT2D eigenvalue weighted by Crippen LogP contribution is 2.17. The third-order valence-corrected chi connectivity index (χ3v) is 7.75. The van der Waals surface area contributed by atoms with Crippen molar-refractivity contribution in [2.75, 3.05) is 42.7 Å². The first-order valence-corrected chi connectivity index (χ1v) is 18.2. The van der Waals surface area contributed by atoms with Gasteiger partial charge in [0.2, 0.25) is 0 Å². The molecule has 0 amide bonds. The Balaban J connectivity index is -0.000000252. The predicted octanol–water partition coefficient (Wildman–Crippen LogP) is 9.74. The van der Waals surface area contributed by atoms with E-state index in [4.69, 9.17) is 30.6 Å². The summed E-state index contributed by atoms with van der Waals surface area (Å²) in [6.07, 6.45) is 46.5. The summed E-state index contributed by atoms with van der Waals surface area (Å²) in [5, 5.41) is 42.0. The second-order valence-electron chi connectivity index (χ2n) is 11.0. The Morgan fingerprint density at radius 2 is 0.140 bits per heavy atom. The lowest BCUT2D eigenvalue weighted by Crippen LogP contribution is -1.84. The largest absolute Gasteiger partial charge is 0.400 e. The van der Waals surface area contributed by atoms with Gasteiger partial charge in [0.15, 0.2) is 0 Å². The molecule has 1 aliphatic carbocycles. The van der Waals surface area contributed by atoms with Crippen LogP contribution in [0.25, 0.3) is 0 Å². The molecule has 1 saturated carbocycles. The lowest BCUT2D eigenvalue weighted by atomic mass is 10.0. The average molecular weight is 627 g/mol. The highest BCUT2D eigenvalue weighted by molar-refractivity contribution is 4.53. The highest BCUT2D eigenvalue weighted by atomic mass is 16.2. The van der Waals surface area contributed by atoms with E-state index in [1.807, 2.05) is 0 Å². The molecule has 270 valence electrons. The number of aliphatic hydroxyl groups is 6. The molecule has 1 aliphatic rings. The van der Waals surface area contributed by atoms with Crippen LogP contribution in [0, 0.1) is 0 Å². The number of hydrogen-bond donors (Lipinski definition) is 6.